The van der Waals surface area contributed by atoms with E-state index in [9.17, 15) is 0 Å². The van der Waals surface area contributed by atoms with Gasteiger partial charge in [0, 0.05) is 18.9 Å². The van der Waals surface area contributed by atoms with E-state index in [4.69, 9.17) is 4.74 Å². The lowest BCUT2D eigenvalue weighted by Crippen LogP contribution is -2.06. The molecule has 3 heterocycles. The molecule has 0 fully saturated rings. The van der Waals surface area contributed by atoms with E-state index in [0.29, 0.717) is 11.7 Å². The van der Waals surface area contributed by atoms with E-state index in [1.165, 1.54) is 0 Å². The van der Waals surface area contributed by atoms with Crippen LogP contribution in [0.3, 0.4) is 0 Å². The molecule has 7 nitrogen and oxygen atoms in total. The van der Waals surface area contributed by atoms with Gasteiger partial charge in [-0.2, -0.15) is 5.10 Å². The summed E-state index contributed by atoms with van der Waals surface area (Å²) < 4.78 is 7.59. The Labute approximate surface area is 138 Å². The van der Waals surface area contributed by atoms with E-state index in [-0.39, 0.29) is 6.10 Å². The molecule has 3 aromatic heterocycles. The van der Waals surface area contributed by atoms with Gasteiger partial charge in [-0.15, -0.1) is 5.10 Å². The highest BCUT2D eigenvalue weighted by Gasteiger charge is 2.13. The Bertz CT molecular complexity index is 1020. The lowest BCUT2D eigenvalue weighted by atomic mass is 10.2. The van der Waals surface area contributed by atoms with Gasteiger partial charge < -0.3 is 10.1 Å². The number of aromatic nitrogens is 5. The fraction of sp³-hybridized carbons (Fsp3) is 0.235. The van der Waals surface area contributed by atoms with E-state index < -0.39 is 0 Å². The number of hydrogen-bond donors (Lipinski definition) is 2. The maximum absolute atomic E-state index is 5.77. The molecular formula is C17H18N6O. The highest BCUT2D eigenvalue weighted by atomic mass is 16.5. The Hall–Kier alpha value is -3.09. The van der Waals surface area contributed by atoms with E-state index in [1.807, 2.05) is 55.9 Å². The quantitative estimate of drug-likeness (QED) is 0.602. The number of anilines is 2. The van der Waals surface area contributed by atoms with Gasteiger partial charge in [-0.05, 0) is 44.2 Å². The number of fused-ring (bicyclic) bond motifs is 2. The first-order valence-corrected chi connectivity index (χ1v) is 7.81. The molecule has 0 spiro atoms. The number of nitrogens with zero attached hydrogens (tertiary/aromatic N) is 4. The van der Waals surface area contributed by atoms with Gasteiger partial charge in [-0.25, -0.2) is 0 Å². The van der Waals surface area contributed by atoms with Crippen molar-refractivity contribution < 1.29 is 4.74 Å². The summed E-state index contributed by atoms with van der Waals surface area (Å²) in [5.74, 6) is 1.35. The number of aryl methyl sites for hydroxylation is 1. The van der Waals surface area contributed by atoms with Crippen LogP contribution in [0.25, 0.3) is 21.9 Å². The minimum atomic E-state index is 0.0856. The number of ether oxygens (including phenoxy) is 1. The van der Waals surface area contributed by atoms with Gasteiger partial charge in [0.15, 0.2) is 5.82 Å². The summed E-state index contributed by atoms with van der Waals surface area (Å²) in [7, 11) is 1.91. The van der Waals surface area contributed by atoms with Crippen LogP contribution in [-0.4, -0.2) is 31.1 Å². The Morgan fingerprint density at radius 1 is 1.25 bits per heavy atom. The van der Waals surface area contributed by atoms with Crippen molar-refractivity contribution in [2.24, 2.45) is 7.05 Å². The van der Waals surface area contributed by atoms with Gasteiger partial charge in [0.1, 0.15) is 5.52 Å². The van der Waals surface area contributed by atoms with Crippen molar-refractivity contribution in [2.75, 3.05) is 5.32 Å². The average molecular weight is 322 g/mol. The molecule has 24 heavy (non-hydrogen) atoms. The fourth-order valence-electron chi connectivity index (χ4n) is 2.69. The van der Waals surface area contributed by atoms with Gasteiger partial charge in [-0.3, -0.25) is 14.8 Å². The third kappa shape index (κ3) is 2.44. The molecule has 7 heteroatoms. The SMILES string of the molecule is CC(C)Oc1nn(C)c2cc(Nc3n[nH]c4cccnc34)ccc12. The molecule has 0 aliphatic carbocycles. The fourth-order valence-corrected chi connectivity index (χ4v) is 2.69. The molecule has 0 amide bonds. The molecule has 0 aliphatic rings. The number of H-pyrrole nitrogens is 1. The van der Waals surface area contributed by atoms with Gasteiger partial charge in [0.25, 0.3) is 0 Å². The van der Waals surface area contributed by atoms with Gasteiger partial charge in [0.05, 0.1) is 22.5 Å². The number of nitrogens with one attached hydrogen (secondary N) is 2. The normalized spacial score (nSPS) is 11.5. The zero-order valence-electron chi connectivity index (χ0n) is 13.7. The summed E-state index contributed by atoms with van der Waals surface area (Å²) in [6.07, 6.45) is 1.84. The Balaban J connectivity index is 1.71. The molecule has 0 bridgehead atoms. The van der Waals surface area contributed by atoms with Crippen LogP contribution in [-0.2, 0) is 7.05 Å². The first-order valence-electron chi connectivity index (χ1n) is 7.81. The minimum Gasteiger partial charge on any atom is -0.473 e. The molecule has 0 unspecified atom stereocenters. The first-order chi connectivity index (χ1) is 11.6. The topological polar surface area (TPSA) is 80.6 Å². The molecule has 4 rings (SSSR count). The highest BCUT2D eigenvalue weighted by molar-refractivity contribution is 5.91. The third-order valence-corrected chi connectivity index (χ3v) is 3.75. The minimum absolute atomic E-state index is 0.0856. The maximum Gasteiger partial charge on any atom is 0.241 e. The van der Waals surface area contributed by atoms with Crippen molar-refractivity contribution in [1.29, 1.82) is 0 Å². The molecule has 2 N–H and O–H groups in total. The van der Waals surface area contributed by atoms with E-state index in [2.05, 4.69) is 25.6 Å². The van der Waals surface area contributed by atoms with Gasteiger partial charge in [-0.1, -0.05) is 0 Å². The number of benzene rings is 1. The Morgan fingerprint density at radius 3 is 2.96 bits per heavy atom. The highest BCUT2D eigenvalue weighted by Crippen LogP contribution is 2.29. The second-order valence-electron chi connectivity index (χ2n) is 5.92. The molecule has 0 saturated carbocycles. The van der Waals surface area contributed by atoms with Crippen LogP contribution >= 0.6 is 0 Å². The molecular weight excluding hydrogens is 304 g/mol. The summed E-state index contributed by atoms with van der Waals surface area (Å²) in [5.41, 5.74) is 3.62. The van der Waals surface area contributed by atoms with Crippen molar-refractivity contribution in [2.45, 2.75) is 20.0 Å². The summed E-state index contributed by atoms with van der Waals surface area (Å²) in [4.78, 5) is 4.36. The van der Waals surface area contributed by atoms with E-state index in [1.54, 1.807) is 6.20 Å². The zero-order chi connectivity index (χ0) is 16.7. The molecule has 4 aromatic rings. The van der Waals surface area contributed by atoms with Crippen LogP contribution in [0.5, 0.6) is 5.88 Å². The van der Waals surface area contributed by atoms with Crippen molar-refractivity contribution in [3.8, 4) is 5.88 Å². The van der Waals surface area contributed by atoms with Crippen LogP contribution < -0.4 is 10.1 Å². The van der Waals surface area contributed by atoms with Crippen LogP contribution in [0, 0.1) is 0 Å². The summed E-state index contributed by atoms with van der Waals surface area (Å²) in [5, 5.41) is 16.0. The third-order valence-electron chi connectivity index (χ3n) is 3.75. The molecule has 1 aromatic carbocycles. The second-order valence-corrected chi connectivity index (χ2v) is 5.92. The molecule has 0 aliphatic heterocycles. The standard InChI is InChI=1S/C17H18N6O/c1-10(2)24-17-12-7-6-11(9-14(12)23(3)22-17)19-16-15-13(20-21-16)5-4-8-18-15/h4-10H,1-3H3,(H2,19,20,21). The van der Waals surface area contributed by atoms with Crippen molar-refractivity contribution in [3.05, 3.63) is 36.5 Å². The Kier molecular flexibility index (Phi) is 3.34. The van der Waals surface area contributed by atoms with Crippen molar-refractivity contribution >= 4 is 33.4 Å². The van der Waals surface area contributed by atoms with Gasteiger partial charge in [0.2, 0.25) is 5.88 Å². The molecule has 0 saturated heterocycles. The van der Waals surface area contributed by atoms with Crippen molar-refractivity contribution in [3.63, 3.8) is 0 Å². The zero-order valence-corrected chi connectivity index (χ0v) is 13.7. The molecule has 0 atom stereocenters. The largest absolute Gasteiger partial charge is 0.473 e. The van der Waals surface area contributed by atoms with Crippen LogP contribution in [0.4, 0.5) is 11.5 Å². The summed E-state index contributed by atoms with van der Waals surface area (Å²) in [6, 6.07) is 9.84. The van der Waals surface area contributed by atoms with Crippen LogP contribution in [0.15, 0.2) is 36.5 Å². The monoisotopic (exact) mass is 322 g/mol. The molecule has 0 radical (unpaired) electrons. The van der Waals surface area contributed by atoms with Crippen molar-refractivity contribution in [1.82, 2.24) is 25.0 Å². The first kappa shape index (κ1) is 14.5. The smallest absolute Gasteiger partial charge is 0.241 e. The van der Waals surface area contributed by atoms with E-state index in [0.717, 1.165) is 27.6 Å². The number of rotatable bonds is 4. The predicted molar refractivity (Wildman–Crippen MR) is 93.6 cm³/mol. The number of aromatic amines is 1. The van der Waals surface area contributed by atoms with E-state index >= 15 is 0 Å². The summed E-state index contributed by atoms with van der Waals surface area (Å²) in [6.45, 7) is 3.98. The summed E-state index contributed by atoms with van der Waals surface area (Å²) >= 11 is 0. The number of pyridine rings is 1. The van der Waals surface area contributed by atoms with Gasteiger partial charge >= 0.3 is 0 Å². The molecule has 122 valence electrons. The predicted octanol–water partition coefficient (Wildman–Crippen LogP) is 3.38. The van der Waals surface area contributed by atoms with Crippen LogP contribution in [0.1, 0.15) is 13.8 Å². The average Bonchev–Trinajstić information content (AvgIpc) is 3.09. The Morgan fingerprint density at radius 2 is 2.12 bits per heavy atom. The number of hydrogen-bond acceptors (Lipinski definition) is 5. The lowest BCUT2D eigenvalue weighted by molar-refractivity contribution is 0.233. The maximum atomic E-state index is 5.77. The van der Waals surface area contributed by atoms with Crippen LogP contribution in [0.2, 0.25) is 0 Å². The lowest BCUT2D eigenvalue weighted by Gasteiger charge is -2.06. The second kappa shape index (κ2) is 5.52.